The van der Waals surface area contributed by atoms with Crippen LogP contribution in [0.2, 0.25) is 0 Å². The van der Waals surface area contributed by atoms with E-state index in [9.17, 15) is 5.11 Å². The van der Waals surface area contributed by atoms with Gasteiger partial charge in [0.15, 0.2) is 0 Å². The van der Waals surface area contributed by atoms with Crippen LogP contribution >= 0.6 is 0 Å². The quantitative estimate of drug-likeness (QED) is 0.789. The van der Waals surface area contributed by atoms with Crippen molar-refractivity contribution in [2.45, 2.75) is 19.6 Å². The van der Waals surface area contributed by atoms with Crippen LogP contribution in [0.4, 0.5) is 0 Å². The maximum Gasteiger partial charge on any atom is 0.0860 e. The molecular formula is C12H17N3O. The van der Waals surface area contributed by atoms with Gasteiger partial charge in [-0.25, -0.2) is 0 Å². The van der Waals surface area contributed by atoms with Crippen LogP contribution in [-0.4, -0.2) is 34.1 Å². The summed E-state index contributed by atoms with van der Waals surface area (Å²) in [6.07, 6.45) is 1.43. The van der Waals surface area contributed by atoms with E-state index in [2.05, 4.69) is 10.4 Å². The van der Waals surface area contributed by atoms with Crippen LogP contribution in [0.3, 0.4) is 0 Å². The molecule has 0 bridgehead atoms. The SMILES string of the molecule is CCNCC(O)Cn1ncc2ccccc21. The van der Waals surface area contributed by atoms with Crippen LogP contribution in [0.25, 0.3) is 10.9 Å². The summed E-state index contributed by atoms with van der Waals surface area (Å²) in [5.74, 6) is 0. The maximum atomic E-state index is 9.79. The van der Waals surface area contributed by atoms with Crippen molar-refractivity contribution in [3.63, 3.8) is 0 Å². The number of nitrogens with one attached hydrogen (secondary N) is 1. The summed E-state index contributed by atoms with van der Waals surface area (Å²) >= 11 is 0. The predicted molar refractivity (Wildman–Crippen MR) is 64.3 cm³/mol. The Morgan fingerprint density at radius 3 is 3.06 bits per heavy atom. The van der Waals surface area contributed by atoms with Crippen LogP contribution in [-0.2, 0) is 6.54 Å². The molecule has 2 N–H and O–H groups in total. The van der Waals surface area contributed by atoms with Gasteiger partial charge in [-0.1, -0.05) is 25.1 Å². The van der Waals surface area contributed by atoms with Crippen LogP contribution in [0.1, 0.15) is 6.92 Å². The Balaban J connectivity index is 2.09. The van der Waals surface area contributed by atoms with Crippen molar-refractivity contribution in [1.29, 1.82) is 0 Å². The van der Waals surface area contributed by atoms with Gasteiger partial charge in [0.2, 0.25) is 0 Å². The number of aliphatic hydroxyl groups excluding tert-OH is 1. The molecule has 0 aliphatic carbocycles. The van der Waals surface area contributed by atoms with E-state index in [-0.39, 0.29) is 0 Å². The van der Waals surface area contributed by atoms with Gasteiger partial charge in [0.25, 0.3) is 0 Å². The number of likely N-dealkylation sites (N-methyl/N-ethyl adjacent to an activating group) is 1. The largest absolute Gasteiger partial charge is 0.390 e. The van der Waals surface area contributed by atoms with Gasteiger partial charge in [-0.05, 0) is 12.6 Å². The molecule has 1 aromatic carbocycles. The lowest BCUT2D eigenvalue weighted by Crippen LogP contribution is -2.30. The molecule has 1 unspecified atom stereocenters. The Morgan fingerprint density at radius 1 is 1.44 bits per heavy atom. The van der Waals surface area contributed by atoms with E-state index in [0.717, 1.165) is 17.4 Å². The van der Waals surface area contributed by atoms with E-state index in [1.54, 1.807) is 0 Å². The smallest absolute Gasteiger partial charge is 0.0860 e. The second kappa shape index (κ2) is 5.09. The number of rotatable bonds is 5. The van der Waals surface area contributed by atoms with Gasteiger partial charge in [-0.2, -0.15) is 5.10 Å². The Kier molecular flexibility index (Phi) is 3.54. The van der Waals surface area contributed by atoms with E-state index in [1.165, 1.54) is 0 Å². The minimum Gasteiger partial charge on any atom is -0.390 e. The number of nitrogens with zero attached hydrogens (tertiary/aromatic N) is 2. The fourth-order valence-corrected chi connectivity index (χ4v) is 1.75. The summed E-state index contributed by atoms with van der Waals surface area (Å²) in [4.78, 5) is 0. The summed E-state index contributed by atoms with van der Waals surface area (Å²) < 4.78 is 1.84. The number of hydrogen-bond donors (Lipinski definition) is 2. The molecule has 0 aliphatic heterocycles. The Labute approximate surface area is 94.9 Å². The molecule has 16 heavy (non-hydrogen) atoms. The second-order valence-electron chi connectivity index (χ2n) is 3.85. The topological polar surface area (TPSA) is 50.1 Å². The van der Waals surface area contributed by atoms with Crippen LogP contribution in [0.15, 0.2) is 30.5 Å². The molecule has 1 atom stereocenters. The van der Waals surface area contributed by atoms with E-state index < -0.39 is 6.10 Å². The van der Waals surface area contributed by atoms with Crippen LogP contribution in [0, 0.1) is 0 Å². The zero-order chi connectivity index (χ0) is 11.4. The highest BCUT2D eigenvalue weighted by Gasteiger charge is 2.07. The van der Waals surface area contributed by atoms with Crippen molar-refractivity contribution >= 4 is 10.9 Å². The molecule has 1 aromatic heterocycles. The number of aromatic nitrogens is 2. The minimum absolute atomic E-state index is 0.400. The van der Waals surface area contributed by atoms with Gasteiger partial charge in [-0.3, -0.25) is 4.68 Å². The first-order valence-electron chi connectivity index (χ1n) is 5.60. The highest BCUT2D eigenvalue weighted by Crippen LogP contribution is 2.12. The highest BCUT2D eigenvalue weighted by molar-refractivity contribution is 5.78. The summed E-state index contributed by atoms with van der Waals surface area (Å²) in [5, 5.41) is 18.3. The van der Waals surface area contributed by atoms with Crippen LogP contribution in [0.5, 0.6) is 0 Å². The van der Waals surface area contributed by atoms with Crippen molar-refractivity contribution in [2.24, 2.45) is 0 Å². The molecule has 86 valence electrons. The Bertz CT molecular complexity index is 452. The number of hydrogen-bond acceptors (Lipinski definition) is 3. The third kappa shape index (κ3) is 2.40. The van der Waals surface area contributed by atoms with Gasteiger partial charge >= 0.3 is 0 Å². The molecule has 0 amide bonds. The molecule has 2 rings (SSSR count). The first-order valence-corrected chi connectivity index (χ1v) is 5.60. The number of fused-ring (bicyclic) bond motifs is 1. The number of benzene rings is 1. The summed E-state index contributed by atoms with van der Waals surface area (Å²) in [6, 6.07) is 8.01. The summed E-state index contributed by atoms with van der Waals surface area (Å²) in [5.41, 5.74) is 1.07. The third-order valence-corrected chi connectivity index (χ3v) is 2.56. The normalized spacial score (nSPS) is 13.1. The zero-order valence-corrected chi connectivity index (χ0v) is 9.43. The molecule has 1 heterocycles. The lowest BCUT2D eigenvalue weighted by Gasteiger charge is -2.11. The van der Waals surface area contributed by atoms with Crippen molar-refractivity contribution in [3.8, 4) is 0 Å². The van der Waals surface area contributed by atoms with Gasteiger partial charge in [0.05, 0.1) is 24.4 Å². The van der Waals surface area contributed by atoms with Crippen LogP contribution < -0.4 is 5.32 Å². The lowest BCUT2D eigenvalue weighted by molar-refractivity contribution is 0.149. The molecule has 4 heteroatoms. The van der Waals surface area contributed by atoms with E-state index in [1.807, 2.05) is 42.1 Å². The van der Waals surface area contributed by atoms with Gasteiger partial charge in [0.1, 0.15) is 0 Å². The van der Waals surface area contributed by atoms with Crippen molar-refractivity contribution < 1.29 is 5.11 Å². The van der Waals surface area contributed by atoms with Gasteiger partial charge in [-0.15, -0.1) is 0 Å². The lowest BCUT2D eigenvalue weighted by atomic mass is 10.2. The summed E-state index contributed by atoms with van der Waals surface area (Å²) in [6.45, 7) is 4.03. The van der Waals surface area contributed by atoms with Crippen molar-refractivity contribution in [2.75, 3.05) is 13.1 Å². The van der Waals surface area contributed by atoms with Gasteiger partial charge < -0.3 is 10.4 Å². The van der Waals surface area contributed by atoms with Crippen molar-refractivity contribution in [1.82, 2.24) is 15.1 Å². The first kappa shape index (κ1) is 11.1. The average Bonchev–Trinajstić information content (AvgIpc) is 2.70. The second-order valence-corrected chi connectivity index (χ2v) is 3.85. The molecule has 4 nitrogen and oxygen atoms in total. The Hall–Kier alpha value is -1.39. The minimum atomic E-state index is -0.400. The molecule has 0 radical (unpaired) electrons. The highest BCUT2D eigenvalue weighted by atomic mass is 16.3. The average molecular weight is 219 g/mol. The summed E-state index contributed by atoms with van der Waals surface area (Å²) in [7, 11) is 0. The van der Waals surface area contributed by atoms with E-state index in [4.69, 9.17) is 0 Å². The first-order chi connectivity index (χ1) is 7.81. The standard InChI is InChI=1S/C12H17N3O/c1-2-13-8-11(16)9-15-12-6-4-3-5-10(12)7-14-15/h3-7,11,13,16H,2,8-9H2,1H3. The predicted octanol–water partition coefficient (Wildman–Crippen LogP) is 1.01. The van der Waals surface area contributed by atoms with Gasteiger partial charge in [0, 0.05) is 11.9 Å². The number of para-hydroxylation sites is 1. The zero-order valence-electron chi connectivity index (χ0n) is 9.43. The molecule has 0 aliphatic rings. The molecule has 0 fully saturated rings. The fourth-order valence-electron chi connectivity index (χ4n) is 1.75. The maximum absolute atomic E-state index is 9.79. The fraction of sp³-hybridized carbons (Fsp3) is 0.417. The monoisotopic (exact) mass is 219 g/mol. The third-order valence-electron chi connectivity index (χ3n) is 2.56. The molecule has 0 saturated heterocycles. The molecule has 0 spiro atoms. The van der Waals surface area contributed by atoms with E-state index >= 15 is 0 Å². The molecule has 0 saturated carbocycles. The molecular weight excluding hydrogens is 202 g/mol. The van der Waals surface area contributed by atoms with E-state index in [0.29, 0.717) is 13.1 Å². The molecule has 2 aromatic rings. The Morgan fingerprint density at radius 2 is 2.25 bits per heavy atom. The number of aliphatic hydroxyl groups is 1. The van der Waals surface area contributed by atoms with Crippen molar-refractivity contribution in [3.05, 3.63) is 30.5 Å².